The molecule has 0 bridgehead atoms. The van der Waals surface area contributed by atoms with Crippen molar-refractivity contribution in [2.24, 2.45) is 16.3 Å². The summed E-state index contributed by atoms with van der Waals surface area (Å²) in [7, 11) is 6.60. The number of nitrogens with zero attached hydrogens (tertiary/aromatic N) is 1. The Morgan fingerprint density at radius 2 is 1.72 bits per heavy atom. The van der Waals surface area contributed by atoms with Crippen LogP contribution in [0.15, 0.2) is 17.1 Å². The third-order valence-corrected chi connectivity index (χ3v) is 5.09. The number of hydrogen-bond donors (Lipinski definition) is 2. The third kappa shape index (κ3) is 4.43. The maximum absolute atomic E-state index is 5.39. The van der Waals surface area contributed by atoms with Gasteiger partial charge in [0.15, 0.2) is 17.5 Å². The first-order chi connectivity index (χ1) is 11.7. The molecule has 1 aromatic rings. The molecule has 0 unspecified atom stereocenters. The van der Waals surface area contributed by atoms with Gasteiger partial charge in [-0.3, -0.25) is 4.99 Å². The molecule has 1 aromatic carbocycles. The molecule has 2 fully saturated rings. The molecule has 0 heterocycles. The number of methoxy groups -OCH3 is 3. The first-order valence-corrected chi connectivity index (χ1v) is 8.43. The standard InChI is InChI=1S/C18H27N3O3.HI/c1-19-17(20-11-18(7-8-18)12-5-6-12)21-13-9-14(22-2)16(24-4)15(10-13)23-3;/h9-10,12H,5-8,11H2,1-4H3,(H2,19,20,21);1H. The second-order valence-electron chi connectivity index (χ2n) is 6.60. The van der Waals surface area contributed by atoms with Gasteiger partial charge in [0.25, 0.3) is 0 Å². The summed E-state index contributed by atoms with van der Waals surface area (Å²) in [5, 5.41) is 6.78. The zero-order chi connectivity index (χ0) is 17.2. The van der Waals surface area contributed by atoms with Crippen molar-refractivity contribution in [1.29, 1.82) is 0 Å². The fourth-order valence-corrected chi connectivity index (χ4v) is 3.31. The lowest BCUT2D eigenvalue weighted by Gasteiger charge is -2.19. The molecule has 0 amide bonds. The highest BCUT2D eigenvalue weighted by Gasteiger charge is 2.53. The van der Waals surface area contributed by atoms with Crippen LogP contribution in [-0.2, 0) is 0 Å². The summed E-state index contributed by atoms with van der Waals surface area (Å²) >= 11 is 0. The molecule has 2 N–H and O–H groups in total. The van der Waals surface area contributed by atoms with E-state index >= 15 is 0 Å². The second kappa shape index (κ2) is 8.33. The van der Waals surface area contributed by atoms with E-state index in [1.165, 1.54) is 25.7 Å². The van der Waals surface area contributed by atoms with Crippen molar-refractivity contribution in [3.8, 4) is 17.2 Å². The van der Waals surface area contributed by atoms with E-state index in [1.807, 2.05) is 12.1 Å². The number of rotatable bonds is 7. The highest BCUT2D eigenvalue weighted by atomic mass is 127. The van der Waals surface area contributed by atoms with Crippen molar-refractivity contribution in [2.45, 2.75) is 25.7 Å². The Morgan fingerprint density at radius 3 is 2.12 bits per heavy atom. The molecule has 25 heavy (non-hydrogen) atoms. The number of benzene rings is 1. The Labute approximate surface area is 166 Å². The van der Waals surface area contributed by atoms with Gasteiger partial charge in [-0.2, -0.15) is 0 Å². The van der Waals surface area contributed by atoms with E-state index in [0.29, 0.717) is 22.7 Å². The summed E-state index contributed by atoms with van der Waals surface area (Å²) < 4.78 is 16.1. The van der Waals surface area contributed by atoms with Gasteiger partial charge in [0.1, 0.15) is 0 Å². The molecule has 0 aromatic heterocycles. The smallest absolute Gasteiger partial charge is 0.203 e. The fraction of sp³-hybridized carbons (Fsp3) is 0.611. The monoisotopic (exact) mass is 461 g/mol. The summed E-state index contributed by atoms with van der Waals surface area (Å²) in [5.41, 5.74) is 1.36. The van der Waals surface area contributed by atoms with Gasteiger partial charge in [0.05, 0.1) is 21.3 Å². The Hall–Kier alpha value is -1.38. The summed E-state index contributed by atoms with van der Waals surface area (Å²) in [5.74, 6) is 3.50. The van der Waals surface area contributed by atoms with E-state index in [9.17, 15) is 0 Å². The maximum Gasteiger partial charge on any atom is 0.203 e. The SMILES string of the molecule is CN=C(NCC1(C2CC2)CC1)Nc1cc(OC)c(OC)c(OC)c1.I. The van der Waals surface area contributed by atoms with Crippen molar-refractivity contribution in [2.75, 3.05) is 40.2 Å². The summed E-state index contributed by atoms with van der Waals surface area (Å²) in [6, 6.07) is 3.75. The molecule has 3 rings (SSSR count). The number of aliphatic imine (C=N–C) groups is 1. The number of ether oxygens (including phenoxy) is 3. The maximum atomic E-state index is 5.39. The normalized spacial score (nSPS) is 18.0. The molecule has 140 valence electrons. The molecule has 0 radical (unpaired) electrons. The largest absolute Gasteiger partial charge is 0.493 e. The van der Waals surface area contributed by atoms with Crippen molar-refractivity contribution < 1.29 is 14.2 Å². The third-order valence-electron chi connectivity index (χ3n) is 5.09. The van der Waals surface area contributed by atoms with Gasteiger partial charge in [0, 0.05) is 31.4 Å². The molecule has 0 saturated heterocycles. The molecule has 2 aliphatic rings. The van der Waals surface area contributed by atoms with Crippen LogP contribution < -0.4 is 24.8 Å². The Bertz CT molecular complexity index is 603. The second-order valence-corrected chi connectivity index (χ2v) is 6.60. The van der Waals surface area contributed by atoms with E-state index < -0.39 is 0 Å². The highest BCUT2D eigenvalue weighted by Crippen LogP contribution is 2.60. The van der Waals surface area contributed by atoms with Crippen LogP contribution in [0.1, 0.15) is 25.7 Å². The van der Waals surface area contributed by atoms with Crippen molar-refractivity contribution in [1.82, 2.24) is 5.32 Å². The topological polar surface area (TPSA) is 64.1 Å². The molecule has 7 heteroatoms. The van der Waals surface area contributed by atoms with Gasteiger partial charge < -0.3 is 24.8 Å². The van der Waals surface area contributed by atoms with E-state index in [0.717, 1.165) is 24.1 Å². The van der Waals surface area contributed by atoms with E-state index in [1.54, 1.807) is 28.4 Å². The summed E-state index contributed by atoms with van der Waals surface area (Å²) in [6.45, 7) is 0.988. The predicted molar refractivity (Wildman–Crippen MR) is 111 cm³/mol. The lowest BCUT2D eigenvalue weighted by molar-refractivity contribution is 0.324. The van der Waals surface area contributed by atoms with Crippen molar-refractivity contribution in [3.63, 3.8) is 0 Å². The molecule has 6 nitrogen and oxygen atoms in total. The lowest BCUT2D eigenvalue weighted by Crippen LogP contribution is -2.36. The summed E-state index contributed by atoms with van der Waals surface area (Å²) in [4.78, 5) is 4.33. The van der Waals surface area contributed by atoms with E-state index in [-0.39, 0.29) is 24.0 Å². The minimum atomic E-state index is 0. The van der Waals surface area contributed by atoms with E-state index in [4.69, 9.17) is 14.2 Å². The molecule has 2 aliphatic carbocycles. The number of guanidine groups is 1. The average molecular weight is 461 g/mol. The predicted octanol–water partition coefficient (Wildman–Crippen LogP) is 3.51. The van der Waals surface area contributed by atoms with Crippen LogP contribution in [0, 0.1) is 11.3 Å². The first-order valence-electron chi connectivity index (χ1n) is 8.43. The number of hydrogen-bond acceptors (Lipinski definition) is 4. The molecule has 2 saturated carbocycles. The van der Waals surface area contributed by atoms with E-state index in [2.05, 4.69) is 15.6 Å². The minimum Gasteiger partial charge on any atom is -0.493 e. The van der Waals surface area contributed by atoms with Crippen LogP contribution in [0.2, 0.25) is 0 Å². The van der Waals surface area contributed by atoms with Crippen LogP contribution in [-0.4, -0.2) is 40.9 Å². The molecule has 0 aliphatic heterocycles. The van der Waals surface area contributed by atoms with Gasteiger partial charge in [-0.1, -0.05) is 0 Å². The fourth-order valence-electron chi connectivity index (χ4n) is 3.31. The van der Waals surface area contributed by atoms with Crippen LogP contribution in [0.25, 0.3) is 0 Å². The van der Waals surface area contributed by atoms with Crippen LogP contribution >= 0.6 is 24.0 Å². The average Bonchev–Trinajstić information content (AvgIpc) is 3.49. The van der Waals surface area contributed by atoms with Crippen LogP contribution in [0.3, 0.4) is 0 Å². The lowest BCUT2D eigenvalue weighted by atomic mass is 10.0. The van der Waals surface area contributed by atoms with Crippen LogP contribution in [0.5, 0.6) is 17.2 Å². The first kappa shape index (κ1) is 19.9. The zero-order valence-electron chi connectivity index (χ0n) is 15.3. The van der Waals surface area contributed by atoms with Gasteiger partial charge in [0.2, 0.25) is 5.75 Å². The van der Waals surface area contributed by atoms with Gasteiger partial charge >= 0.3 is 0 Å². The van der Waals surface area contributed by atoms with Gasteiger partial charge in [-0.05, 0) is 37.0 Å². The molecular weight excluding hydrogens is 433 g/mol. The zero-order valence-corrected chi connectivity index (χ0v) is 17.7. The Kier molecular flexibility index (Phi) is 6.65. The Morgan fingerprint density at radius 1 is 1.12 bits per heavy atom. The number of anilines is 1. The Balaban J connectivity index is 0.00000225. The van der Waals surface area contributed by atoms with Gasteiger partial charge in [-0.25, -0.2) is 0 Å². The number of halogens is 1. The van der Waals surface area contributed by atoms with Crippen molar-refractivity contribution >= 4 is 35.6 Å². The highest BCUT2D eigenvalue weighted by molar-refractivity contribution is 14.0. The molecular formula is C18H28IN3O3. The molecule has 0 atom stereocenters. The summed E-state index contributed by atoms with van der Waals surface area (Å²) in [6.07, 6.45) is 5.46. The van der Waals surface area contributed by atoms with Crippen molar-refractivity contribution in [3.05, 3.63) is 12.1 Å². The van der Waals surface area contributed by atoms with Crippen LogP contribution in [0.4, 0.5) is 5.69 Å². The van der Waals surface area contributed by atoms with Gasteiger partial charge in [-0.15, -0.1) is 24.0 Å². The number of nitrogens with one attached hydrogen (secondary N) is 2. The minimum absolute atomic E-state index is 0. The quantitative estimate of drug-likeness (QED) is 0.370. The molecule has 0 spiro atoms.